The summed E-state index contributed by atoms with van der Waals surface area (Å²) < 4.78 is 6.14. The molecule has 20 heavy (non-hydrogen) atoms. The summed E-state index contributed by atoms with van der Waals surface area (Å²) in [5.41, 5.74) is -0.117. The SMILES string of the molecule is CC1(OC(=O)C[S+]2CCCC2)C2CC3CC(C2)CC1C3. The maximum atomic E-state index is 12.4. The number of esters is 1. The van der Waals surface area contributed by atoms with Crippen LogP contribution in [0.5, 0.6) is 0 Å². The number of hydrogen-bond donors (Lipinski definition) is 0. The molecule has 0 aromatic carbocycles. The van der Waals surface area contributed by atoms with Gasteiger partial charge in [-0.05, 0) is 86.4 Å². The van der Waals surface area contributed by atoms with Gasteiger partial charge in [0.05, 0.1) is 0 Å². The van der Waals surface area contributed by atoms with Gasteiger partial charge in [0, 0.05) is 0 Å². The molecule has 2 nitrogen and oxygen atoms in total. The highest BCUT2D eigenvalue weighted by Gasteiger charge is 2.57. The third-order valence-corrected chi connectivity index (χ3v) is 8.91. The highest BCUT2D eigenvalue weighted by atomic mass is 32.2. The lowest BCUT2D eigenvalue weighted by molar-refractivity contribution is -0.200. The van der Waals surface area contributed by atoms with Gasteiger partial charge in [-0.2, -0.15) is 0 Å². The van der Waals surface area contributed by atoms with Gasteiger partial charge in [-0.15, -0.1) is 0 Å². The van der Waals surface area contributed by atoms with Gasteiger partial charge in [0.2, 0.25) is 5.75 Å². The van der Waals surface area contributed by atoms with Crippen LogP contribution < -0.4 is 0 Å². The van der Waals surface area contributed by atoms with Crippen molar-refractivity contribution >= 4 is 16.9 Å². The van der Waals surface area contributed by atoms with Gasteiger partial charge in [-0.1, -0.05) is 0 Å². The van der Waals surface area contributed by atoms with E-state index in [1.807, 2.05) is 0 Å². The van der Waals surface area contributed by atoms with Crippen LogP contribution in [0.4, 0.5) is 0 Å². The van der Waals surface area contributed by atoms with E-state index < -0.39 is 0 Å². The van der Waals surface area contributed by atoms with Crippen molar-refractivity contribution in [2.45, 2.75) is 57.5 Å². The van der Waals surface area contributed by atoms with Crippen molar-refractivity contribution in [3.8, 4) is 0 Å². The Hall–Kier alpha value is -0.180. The molecule has 5 aliphatic rings. The monoisotopic (exact) mass is 295 g/mol. The quantitative estimate of drug-likeness (QED) is 0.590. The Labute approximate surface area is 125 Å². The molecule has 3 heteroatoms. The van der Waals surface area contributed by atoms with E-state index in [0.717, 1.165) is 11.8 Å². The van der Waals surface area contributed by atoms with E-state index >= 15 is 0 Å². The van der Waals surface area contributed by atoms with Crippen molar-refractivity contribution in [3.63, 3.8) is 0 Å². The molecule has 1 heterocycles. The van der Waals surface area contributed by atoms with E-state index in [1.165, 1.54) is 56.5 Å². The summed E-state index contributed by atoms with van der Waals surface area (Å²) >= 11 is 0. The topological polar surface area (TPSA) is 26.3 Å². The standard InChI is InChI=1S/C17H27O2S/c1-17(19-16(18)11-20-4-2-3-5-20)14-7-12-6-13(9-14)10-15(17)8-12/h12-15H,2-11H2,1H3/q+1. The normalized spacial score (nSPS) is 46.9. The Bertz CT molecular complexity index is 372. The predicted molar refractivity (Wildman–Crippen MR) is 82.7 cm³/mol. The summed E-state index contributed by atoms with van der Waals surface area (Å²) in [4.78, 5) is 12.4. The third kappa shape index (κ3) is 2.20. The predicted octanol–water partition coefficient (Wildman–Crippen LogP) is 3.16. The number of ether oxygens (including phenoxy) is 1. The third-order valence-electron chi connectivity index (χ3n) is 6.53. The molecule has 0 radical (unpaired) electrons. The van der Waals surface area contributed by atoms with Gasteiger partial charge in [0.1, 0.15) is 17.1 Å². The fourth-order valence-electron chi connectivity index (χ4n) is 5.59. The van der Waals surface area contributed by atoms with Crippen LogP contribution in [0.25, 0.3) is 0 Å². The highest BCUT2D eigenvalue weighted by Crippen LogP contribution is 2.59. The van der Waals surface area contributed by atoms with Crippen LogP contribution in [0.1, 0.15) is 51.9 Å². The second-order valence-electron chi connectivity index (χ2n) is 7.83. The lowest BCUT2D eigenvalue weighted by Crippen LogP contribution is -2.58. The van der Waals surface area contributed by atoms with E-state index in [9.17, 15) is 4.79 Å². The minimum absolute atomic E-state index is 0.116. The fraction of sp³-hybridized carbons (Fsp3) is 0.941. The second-order valence-corrected chi connectivity index (χ2v) is 10.2. The Morgan fingerprint density at radius 1 is 1.05 bits per heavy atom. The maximum absolute atomic E-state index is 12.4. The van der Waals surface area contributed by atoms with Crippen LogP contribution in [-0.2, 0) is 20.4 Å². The zero-order chi connectivity index (χ0) is 13.7. The van der Waals surface area contributed by atoms with Crippen LogP contribution in [-0.4, -0.2) is 28.8 Å². The molecule has 4 saturated carbocycles. The molecular weight excluding hydrogens is 268 g/mol. The summed E-state index contributed by atoms with van der Waals surface area (Å²) in [7, 11) is 0.341. The Morgan fingerprint density at radius 3 is 2.15 bits per heavy atom. The van der Waals surface area contributed by atoms with E-state index in [1.54, 1.807) is 0 Å². The molecule has 0 aromatic rings. The summed E-state index contributed by atoms with van der Waals surface area (Å²) in [5.74, 6) is 6.57. The fourth-order valence-corrected chi connectivity index (χ4v) is 7.70. The molecule has 4 aliphatic carbocycles. The molecule has 0 amide bonds. The van der Waals surface area contributed by atoms with Gasteiger partial charge >= 0.3 is 5.97 Å². The molecule has 0 aromatic heterocycles. The van der Waals surface area contributed by atoms with Gasteiger partial charge < -0.3 is 4.74 Å². The largest absolute Gasteiger partial charge is 0.455 e. The first kappa shape index (κ1) is 13.5. The van der Waals surface area contributed by atoms with E-state index in [4.69, 9.17) is 4.74 Å². The van der Waals surface area contributed by atoms with Gasteiger partial charge in [-0.25, -0.2) is 4.79 Å². The van der Waals surface area contributed by atoms with Gasteiger partial charge in [-0.3, -0.25) is 0 Å². The van der Waals surface area contributed by atoms with Crippen LogP contribution in [0, 0.1) is 23.7 Å². The van der Waals surface area contributed by atoms with Gasteiger partial charge in [0.25, 0.3) is 0 Å². The Balaban J connectivity index is 1.43. The molecule has 0 N–H and O–H groups in total. The lowest BCUT2D eigenvalue weighted by Gasteiger charge is -2.58. The molecule has 0 atom stereocenters. The van der Waals surface area contributed by atoms with Crippen molar-refractivity contribution in [2.24, 2.45) is 23.7 Å². The average Bonchev–Trinajstić information content (AvgIpc) is 2.88. The maximum Gasteiger partial charge on any atom is 0.356 e. The molecule has 5 rings (SSSR count). The Kier molecular flexibility index (Phi) is 3.32. The molecule has 1 aliphatic heterocycles. The molecular formula is C17H27O2S+. The van der Waals surface area contributed by atoms with Crippen molar-refractivity contribution in [1.82, 2.24) is 0 Å². The van der Waals surface area contributed by atoms with Crippen molar-refractivity contribution in [2.75, 3.05) is 17.3 Å². The zero-order valence-electron chi connectivity index (χ0n) is 12.6. The molecule has 5 fully saturated rings. The summed E-state index contributed by atoms with van der Waals surface area (Å²) in [6.45, 7) is 2.26. The summed E-state index contributed by atoms with van der Waals surface area (Å²) in [5, 5.41) is 0. The van der Waals surface area contributed by atoms with Crippen molar-refractivity contribution in [3.05, 3.63) is 0 Å². The first-order chi connectivity index (χ1) is 9.63. The van der Waals surface area contributed by atoms with Crippen molar-refractivity contribution in [1.29, 1.82) is 0 Å². The zero-order valence-corrected chi connectivity index (χ0v) is 13.4. The van der Waals surface area contributed by atoms with Crippen LogP contribution in [0.3, 0.4) is 0 Å². The minimum Gasteiger partial charge on any atom is -0.455 e. The number of carbonyl (C=O) groups excluding carboxylic acids is 1. The van der Waals surface area contributed by atoms with Crippen molar-refractivity contribution < 1.29 is 9.53 Å². The highest BCUT2D eigenvalue weighted by molar-refractivity contribution is 7.97. The number of rotatable bonds is 3. The number of hydrogen-bond acceptors (Lipinski definition) is 2. The van der Waals surface area contributed by atoms with E-state index in [0.29, 0.717) is 28.5 Å². The van der Waals surface area contributed by atoms with E-state index in [2.05, 4.69) is 6.92 Å². The average molecular weight is 295 g/mol. The first-order valence-corrected chi connectivity index (χ1v) is 10.2. The van der Waals surface area contributed by atoms with E-state index in [-0.39, 0.29) is 11.6 Å². The molecule has 112 valence electrons. The summed E-state index contributed by atoms with van der Waals surface area (Å²) in [6, 6.07) is 0. The Morgan fingerprint density at radius 2 is 1.60 bits per heavy atom. The summed E-state index contributed by atoms with van der Waals surface area (Å²) in [6.07, 6.45) is 9.39. The van der Waals surface area contributed by atoms with Crippen LogP contribution in [0.15, 0.2) is 0 Å². The molecule has 0 spiro atoms. The van der Waals surface area contributed by atoms with Crippen LogP contribution in [0.2, 0.25) is 0 Å². The van der Waals surface area contributed by atoms with Gasteiger partial charge in [0.15, 0.2) is 0 Å². The molecule has 4 bridgehead atoms. The molecule has 0 unspecified atom stereocenters. The lowest BCUT2D eigenvalue weighted by atomic mass is 9.50. The second kappa shape index (κ2) is 4.93. The first-order valence-electron chi connectivity index (χ1n) is 8.49. The number of carbonyl (C=O) groups is 1. The smallest absolute Gasteiger partial charge is 0.356 e. The minimum atomic E-state index is -0.117. The van der Waals surface area contributed by atoms with Crippen LogP contribution >= 0.6 is 0 Å². The molecule has 1 saturated heterocycles.